The molecule has 0 aromatic heterocycles. The van der Waals surface area contributed by atoms with Crippen molar-refractivity contribution in [3.8, 4) is 0 Å². The number of rotatable bonds is 8. The van der Waals surface area contributed by atoms with Crippen molar-refractivity contribution >= 4 is 29.9 Å². The molecule has 2 N–H and O–H groups in total. The molecule has 2 aliphatic carbocycles. The first-order valence-corrected chi connectivity index (χ1v) is 11.2. The molecule has 0 aromatic rings. The Morgan fingerprint density at radius 2 is 2.00 bits per heavy atom. The van der Waals surface area contributed by atoms with Crippen LogP contribution in [0.1, 0.15) is 58.3 Å². The lowest BCUT2D eigenvalue weighted by Crippen LogP contribution is -2.69. The molecule has 4 fully saturated rings. The Balaban J connectivity index is 0.00000225. The average Bonchev–Trinajstić information content (AvgIpc) is 3.42. The van der Waals surface area contributed by atoms with Gasteiger partial charge in [0, 0.05) is 50.3 Å². The summed E-state index contributed by atoms with van der Waals surface area (Å²) in [6, 6.07) is 0.529. The van der Waals surface area contributed by atoms with E-state index < -0.39 is 0 Å². The minimum atomic E-state index is 0. The first kappa shape index (κ1) is 22.6. The number of ether oxygens (including phenoxy) is 3. The minimum Gasteiger partial charge on any atom is -0.379 e. The van der Waals surface area contributed by atoms with Gasteiger partial charge in [-0.15, -0.1) is 24.0 Å². The van der Waals surface area contributed by atoms with Gasteiger partial charge in [0.25, 0.3) is 0 Å². The average molecular weight is 507 g/mol. The molecule has 0 radical (unpaired) electrons. The molecule has 28 heavy (non-hydrogen) atoms. The smallest absolute Gasteiger partial charge is 0.191 e. The van der Waals surface area contributed by atoms with Crippen LogP contribution < -0.4 is 10.6 Å². The van der Waals surface area contributed by atoms with E-state index in [9.17, 15) is 0 Å². The molecular formula is C21H38IN3O3. The molecule has 0 amide bonds. The van der Waals surface area contributed by atoms with Crippen LogP contribution in [0.2, 0.25) is 0 Å². The highest BCUT2D eigenvalue weighted by Crippen LogP contribution is 2.60. The number of halogens is 1. The number of aliphatic imine (C=N–C) groups is 1. The number of nitrogens with zero attached hydrogens (tertiary/aromatic N) is 1. The van der Waals surface area contributed by atoms with E-state index >= 15 is 0 Å². The standard InChI is InChI=1S/C21H37N3O3.HI/c1-2-22-20(23-11-6-12-25-15-16-7-5-13-26-16)24-18-17-8-14-27-19(17)21(18)9-3-4-10-21;/h16-19H,2-15H2,1H3,(H2,22,23,24);1H. The molecule has 6 nitrogen and oxygen atoms in total. The van der Waals surface area contributed by atoms with Crippen molar-refractivity contribution in [3.63, 3.8) is 0 Å². The van der Waals surface area contributed by atoms with Crippen LogP contribution in [-0.4, -0.2) is 63.7 Å². The molecule has 4 atom stereocenters. The second kappa shape index (κ2) is 10.8. The Kier molecular flexibility index (Phi) is 8.68. The molecule has 4 unspecified atom stereocenters. The Morgan fingerprint density at radius 1 is 1.14 bits per heavy atom. The van der Waals surface area contributed by atoms with E-state index in [2.05, 4.69) is 17.6 Å². The van der Waals surface area contributed by atoms with Crippen LogP contribution >= 0.6 is 24.0 Å². The van der Waals surface area contributed by atoms with Gasteiger partial charge in [0.2, 0.25) is 0 Å². The molecule has 0 aromatic carbocycles. The van der Waals surface area contributed by atoms with Crippen LogP contribution in [0.15, 0.2) is 4.99 Å². The van der Waals surface area contributed by atoms with E-state index in [-0.39, 0.29) is 24.0 Å². The van der Waals surface area contributed by atoms with E-state index in [1.807, 2.05) is 0 Å². The van der Waals surface area contributed by atoms with Gasteiger partial charge in [-0.2, -0.15) is 0 Å². The lowest BCUT2D eigenvalue weighted by molar-refractivity contribution is -0.125. The summed E-state index contributed by atoms with van der Waals surface area (Å²) in [6.07, 6.45) is 10.6. The molecule has 2 aliphatic heterocycles. The maximum absolute atomic E-state index is 6.10. The molecule has 2 saturated carbocycles. The molecule has 0 bridgehead atoms. The van der Waals surface area contributed by atoms with E-state index in [0.29, 0.717) is 29.6 Å². The summed E-state index contributed by atoms with van der Waals surface area (Å²) in [7, 11) is 0. The van der Waals surface area contributed by atoms with E-state index in [1.165, 1.54) is 38.5 Å². The SMILES string of the molecule is CCNC(=NCCCOCC1CCCO1)NC1C2CCOC2C12CCCC2.I. The monoisotopic (exact) mass is 507 g/mol. The fraction of sp³-hybridized carbons (Fsp3) is 0.952. The summed E-state index contributed by atoms with van der Waals surface area (Å²) in [4.78, 5) is 4.82. The third kappa shape index (κ3) is 4.78. The Labute approximate surface area is 186 Å². The number of nitrogens with one attached hydrogen (secondary N) is 2. The number of hydrogen-bond donors (Lipinski definition) is 2. The zero-order valence-corrected chi connectivity index (χ0v) is 19.6. The summed E-state index contributed by atoms with van der Waals surface area (Å²) >= 11 is 0. The van der Waals surface area contributed by atoms with Gasteiger partial charge in [-0.1, -0.05) is 12.8 Å². The van der Waals surface area contributed by atoms with Crippen LogP contribution in [0.3, 0.4) is 0 Å². The maximum Gasteiger partial charge on any atom is 0.191 e. The second-order valence-electron chi connectivity index (χ2n) is 8.63. The van der Waals surface area contributed by atoms with Crippen LogP contribution in [-0.2, 0) is 14.2 Å². The highest BCUT2D eigenvalue weighted by atomic mass is 127. The lowest BCUT2D eigenvalue weighted by atomic mass is 9.54. The van der Waals surface area contributed by atoms with Crippen molar-refractivity contribution in [1.82, 2.24) is 10.6 Å². The van der Waals surface area contributed by atoms with Crippen molar-refractivity contribution < 1.29 is 14.2 Å². The van der Waals surface area contributed by atoms with Gasteiger partial charge in [0.1, 0.15) is 0 Å². The van der Waals surface area contributed by atoms with Gasteiger partial charge >= 0.3 is 0 Å². The van der Waals surface area contributed by atoms with Gasteiger partial charge in [-0.25, -0.2) is 0 Å². The Hall–Kier alpha value is -0.120. The summed E-state index contributed by atoms with van der Waals surface area (Å²) in [5.41, 5.74) is 0.363. The van der Waals surface area contributed by atoms with Crippen LogP contribution in [0.4, 0.5) is 0 Å². The van der Waals surface area contributed by atoms with Gasteiger partial charge in [0.05, 0.1) is 18.8 Å². The topological polar surface area (TPSA) is 64.1 Å². The predicted octanol–water partition coefficient (Wildman–Crippen LogP) is 3.09. The van der Waals surface area contributed by atoms with Gasteiger partial charge in [-0.05, 0) is 45.4 Å². The molecule has 2 saturated heterocycles. The molecule has 4 rings (SSSR count). The third-order valence-electron chi connectivity index (χ3n) is 6.97. The largest absolute Gasteiger partial charge is 0.379 e. The quantitative estimate of drug-likeness (QED) is 0.229. The zero-order valence-electron chi connectivity index (χ0n) is 17.3. The van der Waals surface area contributed by atoms with Crippen molar-refractivity contribution in [3.05, 3.63) is 0 Å². The first-order valence-electron chi connectivity index (χ1n) is 11.2. The Bertz CT molecular complexity index is 507. The second-order valence-corrected chi connectivity index (χ2v) is 8.63. The fourth-order valence-electron chi connectivity index (χ4n) is 5.72. The Morgan fingerprint density at radius 3 is 2.75 bits per heavy atom. The predicted molar refractivity (Wildman–Crippen MR) is 121 cm³/mol. The first-order chi connectivity index (χ1) is 13.3. The molecule has 162 valence electrons. The maximum atomic E-state index is 6.10. The molecule has 7 heteroatoms. The zero-order chi connectivity index (χ0) is 18.5. The number of guanidine groups is 1. The highest BCUT2D eigenvalue weighted by molar-refractivity contribution is 14.0. The number of fused-ring (bicyclic) bond motifs is 2. The van der Waals surface area contributed by atoms with Crippen molar-refractivity contribution in [2.45, 2.75) is 76.5 Å². The summed E-state index contributed by atoms with van der Waals surface area (Å²) in [6.45, 7) is 7.15. The fourth-order valence-corrected chi connectivity index (χ4v) is 5.72. The van der Waals surface area contributed by atoms with Gasteiger partial charge in [0.15, 0.2) is 5.96 Å². The lowest BCUT2D eigenvalue weighted by Gasteiger charge is -2.57. The molecular weight excluding hydrogens is 469 g/mol. The van der Waals surface area contributed by atoms with Gasteiger partial charge < -0.3 is 24.8 Å². The normalized spacial score (nSPS) is 33.4. The minimum absolute atomic E-state index is 0. The van der Waals surface area contributed by atoms with Crippen molar-refractivity contribution in [1.29, 1.82) is 0 Å². The highest BCUT2D eigenvalue weighted by Gasteiger charge is 2.65. The van der Waals surface area contributed by atoms with Crippen molar-refractivity contribution in [2.75, 3.05) is 39.5 Å². The van der Waals surface area contributed by atoms with Crippen LogP contribution in [0.5, 0.6) is 0 Å². The summed E-state index contributed by atoms with van der Waals surface area (Å²) in [5.74, 6) is 1.64. The summed E-state index contributed by atoms with van der Waals surface area (Å²) < 4.78 is 17.4. The van der Waals surface area contributed by atoms with E-state index in [4.69, 9.17) is 19.2 Å². The summed E-state index contributed by atoms with van der Waals surface area (Å²) in [5, 5.41) is 7.23. The van der Waals surface area contributed by atoms with Crippen LogP contribution in [0, 0.1) is 11.3 Å². The molecule has 1 spiro atoms. The van der Waals surface area contributed by atoms with E-state index in [1.54, 1.807) is 0 Å². The molecule has 4 aliphatic rings. The van der Waals surface area contributed by atoms with Crippen molar-refractivity contribution in [2.24, 2.45) is 16.3 Å². The molecule has 2 heterocycles. The number of hydrogen-bond acceptors (Lipinski definition) is 4. The van der Waals surface area contributed by atoms with E-state index in [0.717, 1.165) is 58.3 Å². The van der Waals surface area contributed by atoms with Crippen LogP contribution in [0.25, 0.3) is 0 Å². The third-order valence-corrected chi connectivity index (χ3v) is 6.97. The van der Waals surface area contributed by atoms with Gasteiger partial charge in [-0.3, -0.25) is 4.99 Å².